The minimum atomic E-state index is -3.58. The molecule has 2 aromatic rings. The molecule has 2 amide bonds. The minimum absolute atomic E-state index is 0.0160. The van der Waals surface area contributed by atoms with E-state index in [0.29, 0.717) is 17.8 Å². The standard InChI is InChI=1S/C21H28N4O4S/c1-5-8-20(26)24-19-12-7-11-18(15(19)2)22-14-21(27)23-16-9-6-10-17(13-16)30(28,29)25(3)4/h6-7,9-13,22H,5,8,14H2,1-4H3,(H,23,27)(H,24,26). The van der Waals surface area contributed by atoms with Gasteiger partial charge in [0.25, 0.3) is 0 Å². The highest BCUT2D eigenvalue weighted by Gasteiger charge is 2.17. The van der Waals surface area contributed by atoms with Crippen LogP contribution in [0.25, 0.3) is 0 Å². The van der Waals surface area contributed by atoms with Crippen LogP contribution < -0.4 is 16.0 Å². The molecule has 162 valence electrons. The van der Waals surface area contributed by atoms with Crippen LogP contribution in [-0.4, -0.2) is 45.2 Å². The maximum absolute atomic E-state index is 12.3. The van der Waals surface area contributed by atoms with Crippen LogP contribution in [0.2, 0.25) is 0 Å². The molecule has 9 heteroatoms. The van der Waals surface area contributed by atoms with Gasteiger partial charge in [-0.2, -0.15) is 0 Å². The van der Waals surface area contributed by atoms with Gasteiger partial charge in [0.15, 0.2) is 0 Å². The van der Waals surface area contributed by atoms with Gasteiger partial charge in [-0.3, -0.25) is 9.59 Å². The van der Waals surface area contributed by atoms with Crippen LogP contribution in [0.15, 0.2) is 47.4 Å². The van der Waals surface area contributed by atoms with Crippen molar-refractivity contribution in [1.82, 2.24) is 4.31 Å². The van der Waals surface area contributed by atoms with Crippen molar-refractivity contribution in [2.75, 3.05) is 36.6 Å². The molecular formula is C21H28N4O4S. The molecule has 0 saturated carbocycles. The first-order chi connectivity index (χ1) is 14.1. The molecule has 0 unspecified atom stereocenters. The summed E-state index contributed by atoms with van der Waals surface area (Å²) < 4.78 is 25.6. The van der Waals surface area contributed by atoms with Gasteiger partial charge in [-0.15, -0.1) is 0 Å². The van der Waals surface area contributed by atoms with E-state index in [2.05, 4.69) is 16.0 Å². The van der Waals surface area contributed by atoms with Crippen LogP contribution in [0.5, 0.6) is 0 Å². The summed E-state index contributed by atoms with van der Waals surface area (Å²) in [6, 6.07) is 11.5. The predicted octanol–water partition coefficient (Wildman–Crippen LogP) is 3.03. The zero-order valence-corrected chi connectivity index (χ0v) is 18.5. The van der Waals surface area contributed by atoms with Crippen LogP contribution in [0.3, 0.4) is 0 Å². The van der Waals surface area contributed by atoms with Gasteiger partial charge < -0.3 is 16.0 Å². The van der Waals surface area contributed by atoms with Crippen LogP contribution >= 0.6 is 0 Å². The van der Waals surface area contributed by atoms with Crippen LogP contribution in [0, 0.1) is 6.92 Å². The van der Waals surface area contributed by atoms with E-state index in [9.17, 15) is 18.0 Å². The Hall–Kier alpha value is -2.91. The number of carbonyl (C=O) groups excluding carboxylic acids is 2. The Labute approximate surface area is 177 Å². The maximum Gasteiger partial charge on any atom is 0.243 e. The van der Waals surface area contributed by atoms with Crippen molar-refractivity contribution >= 4 is 38.9 Å². The summed E-state index contributed by atoms with van der Waals surface area (Å²) in [4.78, 5) is 24.3. The zero-order valence-electron chi connectivity index (χ0n) is 17.7. The number of sulfonamides is 1. The van der Waals surface area contributed by atoms with Gasteiger partial charge in [-0.1, -0.05) is 19.1 Å². The molecule has 0 saturated heterocycles. The van der Waals surface area contributed by atoms with E-state index in [0.717, 1.165) is 22.0 Å². The van der Waals surface area contributed by atoms with E-state index in [-0.39, 0.29) is 23.3 Å². The number of benzene rings is 2. The topological polar surface area (TPSA) is 108 Å². The van der Waals surface area contributed by atoms with Gasteiger partial charge >= 0.3 is 0 Å². The largest absolute Gasteiger partial charge is 0.376 e. The Morgan fingerprint density at radius 2 is 1.63 bits per heavy atom. The van der Waals surface area contributed by atoms with Crippen LogP contribution in [0.1, 0.15) is 25.3 Å². The number of amides is 2. The van der Waals surface area contributed by atoms with Crippen molar-refractivity contribution in [2.45, 2.75) is 31.6 Å². The lowest BCUT2D eigenvalue weighted by molar-refractivity contribution is -0.116. The molecule has 30 heavy (non-hydrogen) atoms. The molecule has 0 bridgehead atoms. The average molecular weight is 433 g/mol. The molecule has 0 aliphatic heterocycles. The summed E-state index contributed by atoms with van der Waals surface area (Å²) in [6.07, 6.45) is 1.21. The van der Waals surface area contributed by atoms with Crippen LogP contribution in [-0.2, 0) is 19.6 Å². The maximum atomic E-state index is 12.3. The Bertz CT molecular complexity index is 1020. The second kappa shape index (κ2) is 10.2. The highest BCUT2D eigenvalue weighted by atomic mass is 32.2. The molecular weight excluding hydrogens is 404 g/mol. The van der Waals surface area contributed by atoms with Crippen molar-refractivity contribution in [2.24, 2.45) is 0 Å². The third kappa shape index (κ3) is 6.04. The van der Waals surface area contributed by atoms with Gasteiger partial charge in [0.1, 0.15) is 0 Å². The third-order valence-corrected chi connectivity index (χ3v) is 6.23. The summed E-state index contributed by atoms with van der Waals surface area (Å²) in [5.41, 5.74) is 2.64. The second-order valence-electron chi connectivity index (χ2n) is 6.99. The van der Waals surface area contributed by atoms with E-state index in [1.165, 1.54) is 26.2 Å². The Morgan fingerprint density at radius 3 is 2.30 bits per heavy atom. The Morgan fingerprint density at radius 1 is 0.967 bits per heavy atom. The highest BCUT2D eigenvalue weighted by Crippen LogP contribution is 2.23. The smallest absolute Gasteiger partial charge is 0.243 e. The number of nitrogens with one attached hydrogen (secondary N) is 3. The first kappa shape index (κ1) is 23.4. The summed E-state index contributed by atoms with van der Waals surface area (Å²) in [7, 11) is -0.683. The van der Waals surface area contributed by atoms with Gasteiger partial charge in [-0.25, -0.2) is 12.7 Å². The molecule has 0 fully saturated rings. The second-order valence-corrected chi connectivity index (χ2v) is 9.15. The SMILES string of the molecule is CCCC(=O)Nc1cccc(NCC(=O)Nc2cccc(S(=O)(=O)N(C)C)c2)c1C. The Balaban J connectivity index is 2.03. The van der Waals surface area contributed by atoms with Crippen molar-refractivity contribution in [3.05, 3.63) is 48.0 Å². The lowest BCUT2D eigenvalue weighted by Crippen LogP contribution is -2.24. The van der Waals surface area contributed by atoms with Gasteiger partial charge in [0.2, 0.25) is 21.8 Å². The van der Waals surface area contributed by atoms with E-state index < -0.39 is 10.0 Å². The summed E-state index contributed by atoms with van der Waals surface area (Å²) in [5.74, 6) is -0.378. The molecule has 0 spiro atoms. The van der Waals surface area contributed by atoms with Gasteiger partial charge in [0.05, 0.1) is 11.4 Å². The third-order valence-electron chi connectivity index (χ3n) is 4.42. The molecule has 8 nitrogen and oxygen atoms in total. The number of rotatable bonds is 9. The molecule has 0 aliphatic carbocycles. The molecule has 2 rings (SSSR count). The lowest BCUT2D eigenvalue weighted by atomic mass is 10.1. The molecule has 0 atom stereocenters. The average Bonchev–Trinajstić information content (AvgIpc) is 2.69. The molecule has 0 aliphatic rings. The number of hydrogen-bond acceptors (Lipinski definition) is 5. The van der Waals surface area contributed by atoms with Crippen molar-refractivity contribution in [3.63, 3.8) is 0 Å². The van der Waals surface area contributed by atoms with Gasteiger partial charge in [-0.05, 0) is 49.2 Å². The number of anilines is 3. The molecule has 0 aromatic heterocycles. The quantitative estimate of drug-likeness (QED) is 0.565. The van der Waals surface area contributed by atoms with E-state index in [4.69, 9.17) is 0 Å². The number of nitrogens with zero attached hydrogens (tertiary/aromatic N) is 1. The van der Waals surface area contributed by atoms with E-state index in [1.807, 2.05) is 26.0 Å². The fourth-order valence-electron chi connectivity index (χ4n) is 2.73. The van der Waals surface area contributed by atoms with Crippen LogP contribution in [0.4, 0.5) is 17.1 Å². The predicted molar refractivity (Wildman–Crippen MR) is 119 cm³/mol. The fourth-order valence-corrected chi connectivity index (χ4v) is 3.68. The normalized spacial score (nSPS) is 11.2. The molecule has 0 radical (unpaired) electrons. The number of hydrogen-bond donors (Lipinski definition) is 3. The van der Waals surface area contributed by atoms with E-state index >= 15 is 0 Å². The van der Waals surface area contributed by atoms with Gasteiger partial charge in [0, 0.05) is 37.6 Å². The zero-order chi connectivity index (χ0) is 22.3. The molecule has 3 N–H and O–H groups in total. The van der Waals surface area contributed by atoms with Crippen molar-refractivity contribution in [1.29, 1.82) is 0 Å². The van der Waals surface area contributed by atoms with Crippen molar-refractivity contribution < 1.29 is 18.0 Å². The molecule has 0 heterocycles. The minimum Gasteiger partial charge on any atom is -0.376 e. The summed E-state index contributed by atoms with van der Waals surface area (Å²) in [6.45, 7) is 3.78. The van der Waals surface area contributed by atoms with Crippen molar-refractivity contribution in [3.8, 4) is 0 Å². The summed E-state index contributed by atoms with van der Waals surface area (Å²) in [5, 5.41) is 8.61. The first-order valence-corrected chi connectivity index (χ1v) is 11.0. The van der Waals surface area contributed by atoms with E-state index in [1.54, 1.807) is 18.2 Å². The summed E-state index contributed by atoms with van der Waals surface area (Å²) >= 11 is 0. The fraction of sp³-hybridized carbons (Fsp3) is 0.333. The Kier molecular flexibility index (Phi) is 7.96. The first-order valence-electron chi connectivity index (χ1n) is 9.61. The molecule has 2 aromatic carbocycles. The lowest BCUT2D eigenvalue weighted by Gasteiger charge is -2.15. The highest BCUT2D eigenvalue weighted by molar-refractivity contribution is 7.89. The monoisotopic (exact) mass is 432 g/mol. The number of carbonyl (C=O) groups is 2.